The van der Waals surface area contributed by atoms with Gasteiger partial charge in [-0.15, -0.1) is 0 Å². The Morgan fingerprint density at radius 1 is 0.680 bits per heavy atom. The molecule has 2 heterocycles. The first-order valence-electron chi connectivity index (χ1n) is 9.70. The summed E-state index contributed by atoms with van der Waals surface area (Å²) in [6.07, 6.45) is 0. The monoisotopic (exact) mass is 380 g/mol. The van der Waals surface area contributed by atoms with Crippen LogP contribution < -0.4 is 7.74 Å². The van der Waals surface area contributed by atoms with Crippen LogP contribution in [0, 0.1) is 27.7 Å². The Balaban J connectivity index is 2.92. The number of H-pyrrole nitrogens is 2. The quantitative estimate of drug-likeness (QED) is 0.691. The van der Waals surface area contributed by atoms with Crippen LogP contribution in [0.25, 0.3) is 0 Å². The molecule has 0 amide bonds. The molecule has 0 saturated heterocycles. The van der Waals surface area contributed by atoms with Crippen molar-refractivity contribution < 1.29 is 17.1 Å². The summed E-state index contributed by atoms with van der Waals surface area (Å²) in [4.78, 5) is 7.20. The second-order valence-corrected chi connectivity index (χ2v) is 12.8. The number of nitrogens with zero attached hydrogens (tertiary/aromatic N) is 2. The summed E-state index contributed by atoms with van der Waals surface area (Å²) in [5.41, 5.74) is 5.22. The van der Waals surface area contributed by atoms with Crippen LogP contribution in [0.3, 0.4) is 0 Å². The topological polar surface area (TPSA) is 38.1 Å². The van der Waals surface area contributed by atoms with Crippen LogP contribution >= 0.6 is 0 Å². The third-order valence-electron chi connectivity index (χ3n) is 5.49. The van der Waals surface area contributed by atoms with Crippen molar-refractivity contribution in [3.8, 4) is 0 Å². The normalized spacial score (nSPS) is 12.6. The molecule has 25 heavy (non-hydrogen) atoms. The number of rotatable bonds is 8. The Morgan fingerprint density at radius 2 is 1.00 bits per heavy atom. The first kappa shape index (κ1) is 20.5. The molecule has 0 radical (unpaired) electrons. The van der Waals surface area contributed by atoms with Crippen LogP contribution in [0.1, 0.15) is 50.5 Å². The summed E-state index contributed by atoms with van der Waals surface area (Å²) >= 11 is -2.95. The predicted octanol–water partition coefficient (Wildman–Crippen LogP) is 3.19. The summed E-state index contributed by atoms with van der Waals surface area (Å²) in [5.74, 6) is 0. The average Bonchev–Trinajstić information content (AvgIpc) is 3.08. The van der Waals surface area contributed by atoms with Gasteiger partial charge in [0, 0.05) is 0 Å². The molecule has 0 saturated carbocycles. The van der Waals surface area contributed by atoms with Gasteiger partial charge in [-0.1, -0.05) is 0 Å². The fraction of sp³-hybridized carbons (Fsp3) is 0.600. The molecule has 0 atom stereocenters. The molecule has 0 bridgehead atoms. The Kier molecular flexibility index (Phi) is 6.77. The third-order valence-corrected chi connectivity index (χ3v) is 14.3. The fourth-order valence-corrected chi connectivity index (χ4v) is 13.8. The first-order valence-corrected chi connectivity index (χ1v) is 12.7. The molecule has 2 rings (SSSR count). The molecule has 0 spiro atoms. The standard InChI is InChI=1S/2C6H8N.2C4H10N.Ti/c2*1-5-3-4-6(2)7-5;2*1-3-5-4-2;/h2*3,7H,1-2H3;2*3-4H2,1-2H3;/q;;2*-1;+2. The molecule has 0 aliphatic carbocycles. The molecule has 0 fully saturated rings. The van der Waals surface area contributed by atoms with Gasteiger partial charge in [0.05, 0.1) is 0 Å². The Bertz CT molecular complexity index is 632. The van der Waals surface area contributed by atoms with Crippen molar-refractivity contribution in [2.75, 3.05) is 26.2 Å². The Labute approximate surface area is 158 Å². The molecule has 0 aliphatic heterocycles. The van der Waals surface area contributed by atoms with E-state index in [1.165, 1.54) is 22.8 Å². The van der Waals surface area contributed by atoms with E-state index in [-0.39, 0.29) is 0 Å². The van der Waals surface area contributed by atoms with Crippen LogP contribution in [-0.2, 0) is 17.1 Å². The number of aryl methyl sites for hydroxylation is 4. The zero-order valence-corrected chi connectivity index (χ0v) is 18.9. The van der Waals surface area contributed by atoms with Crippen molar-refractivity contribution in [2.24, 2.45) is 0 Å². The van der Waals surface area contributed by atoms with Crippen molar-refractivity contribution in [2.45, 2.75) is 55.4 Å². The number of nitrogens with one attached hydrogen (secondary N) is 2. The molecule has 0 aliphatic rings. The maximum atomic E-state index is 3.60. The number of aromatic nitrogens is 2. The summed E-state index contributed by atoms with van der Waals surface area (Å²) < 4.78 is 8.70. The fourth-order valence-electron chi connectivity index (χ4n) is 4.56. The zero-order chi connectivity index (χ0) is 18.8. The van der Waals surface area contributed by atoms with Crippen LogP contribution in [-0.4, -0.2) is 42.9 Å². The first-order chi connectivity index (χ1) is 11.9. The van der Waals surface area contributed by atoms with E-state index in [9.17, 15) is 0 Å². The summed E-state index contributed by atoms with van der Waals surface area (Å²) in [6.45, 7) is 22.5. The molecule has 2 aromatic heterocycles. The van der Waals surface area contributed by atoms with Gasteiger partial charge in [-0.3, -0.25) is 0 Å². The summed E-state index contributed by atoms with van der Waals surface area (Å²) in [5, 5.41) is 0. The van der Waals surface area contributed by atoms with E-state index in [1.807, 2.05) is 0 Å². The molecule has 0 aromatic carbocycles. The van der Waals surface area contributed by atoms with Gasteiger partial charge >= 0.3 is 158 Å². The van der Waals surface area contributed by atoms with Crippen molar-refractivity contribution in [1.29, 1.82) is 0 Å². The number of aromatic amines is 2. The van der Waals surface area contributed by atoms with E-state index in [0.717, 1.165) is 26.2 Å². The van der Waals surface area contributed by atoms with Crippen LogP contribution in [0.4, 0.5) is 0 Å². The van der Waals surface area contributed by atoms with Gasteiger partial charge in [0.2, 0.25) is 0 Å². The molecule has 0 unspecified atom stereocenters. The Morgan fingerprint density at radius 3 is 1.20 bits per heavy atom. The second kappa shape index (κ2) is 8.26. The van der Waals surface area contributed by atoms with Crippen LogP contribution in [0.2, 0.25) is 0 Å². The predicted molar refractivity (Wildman–Crippen MR) is 106 cm³/mol. The van der Waals surface area contributed by atoms with E-state index < -0.39 is 17.1 Å². The van der Waals surface area contributed by atoms with Crippen molar-refractivity contribution in [3.05, 3.63) is 34.9 Å². The molecule has 140 valence electrons. The maximum absolute atomic E-state index is 3.60. The van der Waals surface area contributed by atoms with Gasteiger partial charge in [0.1, 0.15) is 0 Å². The van der Waals surface area contributed by atoms with Gasteiger partial charge in [0.25, 0.3) is 0 Å². The molecule has 5 heteroatoms. The number of hydrogen-bond donors (Lipinski definition) is 2. The molecule has 2 N–H and O–H groups in total. The Hall–Kier alpha value is -0.806. The minimum absolute atomic E-state index is 1.08. The van der Waals surface area contributed by atoms with Crippen molar-refractivity contribution >= 4 is 7.74 Å². The van der Waals surface area contributed by atoms with E-state index in [4.69, 9.17) is 0 Å². The number of hydrogen-bond acceptors (Lipinski definition) is 2. The second-order valence-electron chi connectivity index (χ2n) is 7.00. The van der Waals surface area contributed by atoms with Crippen LogP contribution in [0.15, 0.2) is 12.1 Å². The van der Waals surface area contributed by atoms with Gasteiger partial charge < -0.3 is 0 Å². The van der Waals surface area contributed by atoms with Gasteiger partial charge in [0.15, 0.2) is 0 Å². The average molecular weight is 380 g/mol. The SMILES string of the molecule is CC[N](CC)[Ti]([c]1cc(C)[nH]c1C)([c]1cc(C)[nH]c1C)[N](CC)CC. The molecule has 2 aromatic rings. The van der Waals surface area contributed by atoms with E-state index in [0.29, 0.717) is 0 Å². The molecular formula is C20H36N4Ti. The third kappa shape index (κ3) is 3.42. The van der Waals surface area contributed by atoms with Gasteiger partial charge in [-0.25, -0.2) is 0 Å². The zero-order valence-electron chi connectivity index (χ0n) is 17.4. The van der Waals surface area contributed by atoms with E-state index >= 15 is 0 Å². The van der Waals surface area contributed by atoms with Gasteiger partial charge in [-0.05, 0) is 0 Å². The summed E-state index contributed by atoms with van der Waals surface area (Å²) in [6, 6.07) is 4.85. The van der Waals surface area contributed by atoms with Gasteiger partial charge in [-0.2, -0.15) is 0 Å². The summed E-state index contributed by atoms with van der Waals surface area (Å²) in [7, 11) is 0. The van der Waals surface area contributed by atoms with Crippen molar-refractivity contribution in [1.82, 2.24) is 16.7 Å². The van der Waals surface area contributed by atoms with Crippen molar-refractivity contribution in [3.63, 3.8) is 0 Å². The van der Waals surface area contributed by atoms with Crippen LogP contribution in [0.5, 0.6) is 0 Å². The molecular weight excluding hydrogens is 344 g/mol. The minimum atomic E-state index is -2.95. The van der Waals surface area contributed by atoms with E-state index in [2.05, 4.69) is 84.3 Å². The van der Waals surface area contributed by atoms with E-state index in [1.54, 1.807) is 7.74 Å². The molecule has 4 nitrogen and oxygen atoms in total.